The van der Waals surface area contributed by atoms with E-state index in [-0.39, 0.29) is 5.91 Å². The molecule has 1 heterocycles. The number of nitrogens with zero attached hydrogens (tertiary/aromatic N) is 3. The zero-order chi connectivity index (χ0) is 24.1. The van der Waals surface area contributed by atoms with Gasteiger partial charge in [0.15, 0.2) is 22.5 Å². The Hall–Kier alpha value is -3.78. The number of methoxy groups -OCH3 is 2. The lowest BCUT2D eigenvalue weighted by atomic mass is 10.2. The first kappa shape index (κ1) is 23.4. The van der Waals surface area contributed by atoms with Crippen molar-refractivity contribution in [1.82, 2.24) is 14.8 Å². The van der Waals surface area contributed by atoms with Crippen LogP contribution in [0.15, 0.2) is 78.0 Å². The number of aryl methyl sites for hydroxylation is 1. The molecule has 4 aromatic rings. The molecule has 34 heavy (non-hydrogen) atoms. The summed E-state index contributed by atoms with van der Waals surface area (Å²) in [7, 11) is 3.13. The van der Waals surface area contributed by atoms with Gasteiger partial charge in [-0.15, -0.1) is 10.2 Å². The van der Waals surface area contributed by atoms with E-state index in [1.165, 1.54) is 11.8 Å². The summed E-state index contributed by atoms with van der Waals surface area (Å²) in [5.74, 6) is 1.71. The highest BCUT2D eigenvalue weighted by Crippen LogP contribution is 2.32. The number of ether oxygens (including phenoxy) is 2. The zero-order valence-corrected chi connectivity index (χ0v) is 20.3. The molecule has 0 aliphatic heterocycles. The number of nitrogens with one attached hydrogen (secondary N) is 1. The van der Waals surface area contributed by atoms with E-state index in [9.17, 15) is 4.79 Å². The van der Waals surface area contributed by atoms with E-state index >= 15 is 0 Å². The SMILES string of the molecule is COc1ccc(NC(=O)C(C)Sc2nnc(-c3ccccc3)n2-c2ccc(C)cc2)cc1OC. The summed E-state index contributed by atoms with van der Waals surface area (Å²) in [6, 6.07) is 23.3. The summed E-state index contributed by atoms with van der Waals surface area (Å²) in [6.45, 7) is 3.89. The van der Waals surface area contributed by atoms with Crippen LogP contribution in [0.3, 0.4) is 0 Å². The first-order valence-electron chi connectivity index (χ1n) is 10.8. The quantitative estimate of drug-likeness (QED) is 0.346. The summed E-state index contributed by atoms with van der Waals surface area (Å²) in [5.41, 5.74) is 3.67. The summed E-state index contributed by atoms with van der Waals surface area (Å²) < 4.78 is 12.6. The lowest BCUT2D eigenvalue weighted by Gasteiger charge is -2.15. The number of thioether (sulfide) groups is 1. The van der Waals surface area contributed by atoms with Gasteiger partial charge in [-0.25, -0.2) is 0 Å². The number of carbonyl (C=O) groups is 1. The average molecular weight is 475 g/mol. The van der Waals surface area contributed by atoms with Crippen molar-refractivity contribution in [3.05, 3.63) is 78.4 Å². The van der Waals surface area contributed by atoms with Gasteiger partial charge >= 0.3 is 0 Å². The minimum Gasteiger partial charge on any atom is -0.493 e. The summed E-state index contributed by atoms with van der Waals surface area (Å²) in [4.78, 5) is 13.0. The normalized spacial score (nSPS) is 11.6. The van der Waals surface area contributed by atoms with E-state index in [1.807, 2.05) is 73.0 Å². The lowest BCUT2D eigenvalue weighted by Crippen LogP contribution is -2.23. The molecule has 1 atom stereocenters. The van der Waals surface area contributed by atoms with Gasteiger partial charge in [0.05, 0.1) is 19.5 Å². The second-order valence-corrected chi connectivity index (χ2v) is 8.97. The fraction of sp³-hybridized carbons (Fsp3) is 0.192. The van der Waals surface area contributed by atoms with Crippen LogP contribution in [0.25, 0.3) is 17.1 Å². The van der Waals surface area contributed by atoms with E-state index < -0.39 is 5.25 Å². The summed E-state index contributed by atoms with van der Waals surface area (Å²) in [5, 5.41) is 12.0. The smallest absolute Gasteiger partial charge is 0.237 e. The number of hydrogen-bond acceptors (Lipinski definition) is 6. The van der Waals surface area contributed by atoms with E-state index in [0.29, 0.717) is 22.3 Å². The van der Waals surface area contributed by atoms with E-state index in [2.05, 4.69) is 15.5 Å². The fourth-order valence-corrected chi connectivity index (χ4v) is 4.28. The lowest BCUT2D eigenvalue weighted by molar-refractivity contribution is -0.115. The minimum atomic E-state index is -0.426. The monoisotopic (exact) mass is 474 g/mol. The van der Waals surface area contributed by atoms with Gasteiger partial charge in [0, 0.05) is 23.0 Å². The van der Waals surface area contributed by atoms with Gasteiger partial charge in [-0.1, -0.05) is 59.8 Å². The molecule has 1 N–H and O–H groups in total. The third-order valence-corrected chi connectivity index (χ3v) is 6.30. The molecule has 8 heteroatoms. The molecule has 0 aliphatic rings. The largest absolute Gasteiger partial charge is 0.493 e. The van der Waals surface area contributed by atoms with Crippen molar-refractivity contribution in [1.29, 1.82) is 0 Å². The molecule has 0 spiro atoms. The molecule has 0 fully saturated rings. The van der Waals surface area contributed by atoms with Crippen molar-refractivity contribution in [3.8, 4) is 28.6 Å². The van der Waals surface area contributed by atoms with Gasteiger partial charge in [0.25, 0.3) is 0 Å². The Balaban J connectivity index is 1.60. The van der Waals surface area contributed by atoms with Crippen molar-refractivity contribution < 1.29 is 14.3 Å². The summed E-state index contributed by atoms with van der Waals surface area (Å²) >= 11 is 1.35. The third kappa shape index (κ3) is 5.07. The highest BCUT2D eigenvalue weighted by molar-refractivity contribution is 8.00. The van der Waals surface area contributed by atoms with Crippen LogP contribution in [0.2, 0.25) is 0 Å². The molecule has 1 unspecified atom stereocenters. The molecule has 7 nitrogen and oxygen atoms in total. The summed E-state index contributed by atoms with van der Waals surface area (Å²) in [6.07, 6.45) is 0. The van der Waals surface area contributed by atoms with Crippen LogP contribution in [0.1, 0.15) is 12.5 Å². The topological polar surface area (TPSA) is 78.3 Å². The fourth-order valence-electron chi connectivity index (χ4n) is 3.42. The maximum Gasteiger partial charge on any atom is 0.237 e. The van der Waals surface area contributed by atoms with Crippen molar-refractivity contribution in [2.45, 2.75) is 24.3 Å². The zero-order valence-electron chi connectivity index (χ0n) is 19.5. The molecule has 0 saturated carbocycles. The Morgan fingerprint density at radius 1 is 0.941 bits per heavy atom. The second kappa shape index (κ2) is 10.4. The number of rotatable bonds is 8. The van der Waals surface area contributed by atoms with E-state index in [0.717, 1.165) is 22.6 Å². The predicted molar refractivity (Wildman–Crippen MR) is 135 cm³/mol. The van der Waals surface area contributed by atoms with Crippen LogP contribution in [-0.4, -0.2) is 40.1 Å². The highest BCUT2D eigenvalue weighted by Gasteiger charge is 2.22. The Morgan fingerprint density at radius 2 is 1.65 bits per heavy atom. The van der Waals surface area contributed by atoms with Crippen molar-refractivity contribution >= 4 is 23.4 Å². The molecule has 1 aromatic heterocycles. The molecule has 3 aromatic carbocycles. The van der Waals surface area contributed by atoms with Gasteiger partial charge in [-0.2, -0.15) is 0 Å². The van der Waals surface area contributed by atoms with Gasteiger partial charge in [0.1, 0.15) is 0 Å². The van der Waals surface area contributed by atoms with Crippen LogP contribution in [0.4, 0.5) is 5.69 Å². The molecule has 0 saturated heterocycles. The van der Waals surface area contributed by atoms with Crippen LogP contribution in [-0.2, 0) is 4.79 Å². The third-order valence-electron chi connectivity index (χ3n) is 5.26. The first-order valence-corrected chi connectivity index (χ1v) is 11.7. The first-order chi connectivity index (χ1) is 16.5. The molecule has 0 radical (unpaired) electrons. The van der Waals surface area contributed by atoms with E-state index in [1.54, 1.807) is 32.4 Å². The Kier molecular flexibility index (Phi) is 7.18. The number of carbonyl (C=O) groups excluding carboxylic acids is 1. The van der Waals surface area contributed by atoms with Gasteiger partial charge in [-0.05, 0) is 38.1 Å². The maximum absolute atomic E-state index is 13.0. The number of amides is 1. The standard InChI is InChI=1S/C26H26N4O3S/c1-17-10-13-21(14-11-17)30-24(19-8-6-5-7-9-19)28-29-26(30)34-18(2)25(31)27-20-12-15-22(32-3)23(16-20)33-4/h5-16,18H,1-4H3,(H,27,31). The van der Waals surface area contributed by atoms with Crippen LogP contribution >= 0.6 is 11.8 Å². The number of anilines is 1. The number of aromatic nitrogens is 3. The van der Waals surface area contributed by atoms with E-state index in [4.69, 9.17) is 9.47 Å². The average Bonchev–Trinajstić information content (AvgIpc) is 3.28. The molecule has 174 valence electrons. The van der Waals surface area contributed by atoms with Crippen molar-refractivity contribution in [2.75, 3.05) is 19.5 Å². The molecular formula is C26H26N4O3S. The predicted octanol–water partition coefficient (Wildman–Crippen LogP) is 5.38. The highest BCUT2D eigenvalue weighted by atomic mass is 32.2. The Labute approximate surface area is 203 Å². The Morgan fingerprint density at radius 3 is 2.32 bits per heavy atom. The molecule has 0 aliphatic carbocycles. The van der Waals surface area contributed by atoms with Crippen LogP contribution in [0, 0.1) is 6.92 Å². The van der Waals surface area contributed by atoms with Crippen molar-refractivity contribution in [2.24, 2.45) is 0 Å². The van der Waals surface area contributed by atoms with Gasteiger partial charge < -0.3 is 14.8 Å². The number of benzene rings is 3. The number of hydrogen-bond donors (Lipinski definition) is 1. The molecule has 0 bridgehead atoms. The minimum absolute atomic E-state index is 0.156. The Bertz CT molecular complexity index is 1270. The van der Waals surface area contributed by atoms with Crippen LogP contribution in [0.5, 0.6) is 11.5 Å². The van der Waals surface area contributed by atoms with Gasteiger partial charge in [0.2, 0.25) is 5.91 Å². The van der Waals surface area contributed by atoms with Crippen molar-refractivity contribution in [3.63, 3.8) is 0 Å². The van der Waals surface area contributed by atoms with Crippen LogP contribution < -0.4 is 14.8 Å². The second-order valence-electron chi connectivity index (χ2n) is 7.66. The molecule has 4 rings (SSSR count). The molecular weight excluding hydrogens is 448 g/mol. The maximum atomic E-state index is 13.0. The van der Waals surface area contributed by atoms with Gasteiger partial charge in [-0.3, -0.25) is 9.36 Å². The molecule has 1 amide bonds.